The number of allylic oxidation sites excluding steroid dienone is 5. The SMILES string of the molecule is NC(=O)CCC1NS(=O)(=O)c2ccc(C3=CN=C4CC(F)=CC=C34)cc21. The van der Waals surface area contributed by atoms with Crippen molar-refractivity contribution >= 4 is 27.2 Å². The van der Waals surface area contributed by atoms with Gasteiger partial charge in [0.15, 0.2) is 0 Å². The largest absolute Gasteiger partial charge is 0.370 e. The first-order valence-corrected chi connectivity index (χ1v) is 9.62. The second-order valence-electron chi connectivity index (χ2n) is 6.42. The number of carbonyl (C=O) groups is 1. The molecule has 0 fully saturated rings. The van der Waals surface area contributed by atoms with E-state index in [1.165, 1.54) is 6.08 Å². The van der Waals surface area contributed by atoms with Crippen LogP contribution in [0.5, 0.6) is 0 Å². The van der Waals surface area contributed by atoms with Gasteiger partial charge in [-0.15, -0.1) is 0 Å². The standard InChI is InChI=1S/C18H16FN3O3S/c19-11-2-3-12-14(9-21-16(12)8-11)10-1-5-17-13(7-10)15(4-6-18(20)23)22-26(17,24)25/h1-3,5,7,9,15,22H,4,6,8H2,(H2,20,23). The number of fused-ring (bicyclic) bond motifs is 2. The van der Waals surface area contributed by atoms with E-state index >= 15 is 0 Å². The predicted octanol–water partition coefficient (Wildman–Crippen LogP) is 2.26. The molecule has 0 radical (unpaired) electrons. The van der Waals surface area contributed by atoms with Crippen molar-refractivity contribution in [2.45, 2.75) is 30.2 Å². The highest BCUT2D eigenvalue weighted by molar-refractivity contribution is 7.89. The molecular weight excluding hydrogens is 357 g/mol. The van der Waals surface area contributed by atoms with E-state index in [0.29, 0.717) is 17.7 Å². The topological polar surface area (TPSA) is 102 Å². The van der Waals surface area contributed by atoms with Gasteiger partial charge in [-0.25, -0.2) is 17.5 Å². The number of aliphatic imine (C=N–C) groups is 1. The first-order chi connectivity index (χ1) is 12.3. The lowest BCUT2D eigenvalue weighted by Gasteiger charge is -2.14. The normalized spacial score (nSPS) is 22.7. The van der Waals surface area contributed by atoms with Gasteiger partial charge in [-0.2, -0.15) is 0 Å². The minimum Gasteiger partial charge on any atom is -0.370 e. The van der Waals surface area contributed by atoms with Crippen molar-refractivity contribution in [3.8, 4) is 0 Å². The van der Waals surface area contributed by atoms with Gasteiger partial charge in [0.2, 0.25) is 15.9 Å². The molecule has 2 aliphatic heterocycles. The van der Waals surface area contributed by atoms with E-state index in [9.17, 15) is 17.6 Å². The third kappa shape index (κ3) is 2.81. The number of nitrogens with zero attached hydrogens (tertiary/aromatic N) is 1. The Morgan fingerprint density at radius 3 is 2.88 bits per heavy atom. The van der Waals surface area contributed by atoms with Gasteiger partial charge in [-0.3, -0.25) is 9.79 Å². The monoisotopic (exact) mass is 373 g/mol. The molecule has 1 aromatic rings. The molecule has 1 atom stereocenters. The van der Waals surface area contributed by atoms with Gasteiger partial charge < -0.3 is 5.73 Å². The highest BCUT2D eigenvalue weighted by Gasteiger charge is 2.34. The number of hydrogen-bond donors (Lipinski definition) is 2. The lowest BCUT2D eigenvalue weighted by Crippen LogP contribution is -2.21. The fourth-order valence-electron chi connectivity index (χ4n) is 3.43. The van der Waals surface area contributed by atoms with Gasteiger partial charge in [0.25, 0.3) is 0 Å². The molecule has 3 N–H and O–H groups in total. The molecule has 26 heavy (non-hydrogen) atoms. The van der Waals surface area contributed by atoms with E-state index in [4.69, 9.17) is 5.73 Å². The number of nitrogens with one attached hydrogen (secondary N) is 1. The molecule has 0 spiro atoms. The van der Waals surface area contributed by atoms with E-state index in [-0.39, 0.29) is 23.6 Å². The molecule has 1 aliphatic carbocycles. The van der Waals surface area contributed by atoms with Gasteiger partial charge in [0.1, 0.15) is 5.83 Å². The minimum absolute atomic E-state index is 0.0854. The number of carbonyl (C=O) groups excluding carboxylic acids is 1. The Kier molecular flexibility index (Phi) is 3.89. The van der Waals surface area contributed by atoms with Crippen molar-refractivity contribution in [1.29, 1.82) is 0 Å². The zero-order chi connectivity index (χ0) is 18.5. The minimum atomic E-state index is -3.60. The quantitative estimate of drug-likeness (QED) is 0.846. The van der Waals surface area contributed by atoms with Gasteiger partial charge in [0.05, 0.1) is 10.6 Å². The number of nitrogens with two attached hydrogens (primary N) is 1. The average molecular weight is 373 g/mol. The molecule has 8 heteroatoms. The molecular formula is C18H16FN3O3S. The van der Waals surface area contributed by atoms with Crippen LogP contribution in [-0.4, -0.2) is 20.0 Å². The molecule has 1 unspecified atom stereocenters. The van der Waals surface area contributed by atoms with Crippen molar-refractivity contribution in [1.82, 2.24) is 4.72 Å². The number of sulfonamides is 1. The Morgan fingerprint density at radius 2 is 2.12 bits per heavy atom. The van der Waals surface area contributed by atoms with Crippen LogP contribution in [0.3, 0.4) is 0 Å². The molecule has 0 saturated carbocycles. The van der Waals surface area contributed by atoms with E-state index in [0.717, 1.165) is 16.7 Å². The van der Waals surface area contributed by atoms with Gasteiger partial charge in [-0.1, -0.05) is 6.07 Å². The number of benzene rings is 1. The van der Waals surface area contributed by atoms with Crippen molar-refractivity contribution < 1.29 is 17.6 Å². The maximum atomic E-state index is 13.4. The maximum absolute atomic E-state index is 13.4. The maximum Gasteiger partial charge on any atom is 0.241 e. The summed E-state index contributed by atoms with van der Waals surface area (Å²) < 4.78 is 40.6. The fraction of sp³-hybridized carbons (Fsp3) is 0.222. The summed E-state index contributed by atoms with van der Waals surface area (Å²) in [4.78, 5) is 15.6. The first kappa shape index (κ1) is 16.9. The van der Waals surface area contributed by atoms with Crippen LogP contribution in [0.1, 0.15) is 36.4 Å². The summed E-state index contributed by atoms with van der Waals surface area (Å²) in [5.74, 6) is -0.718. The van der Waals surface area contributed by atoms with Crippen LogP contribution < -0.4 is 10.5 Å². The summed E-state index contributed by atoms with van der Waals surface area (Å²) in [6.07, 6.45) is 5.31. The van der Waals surface area contributed by atoms with Crippen molar-refractivity contribution in [3.05, 3.63) is 59.1 Å². The molecule has 0 saturated heterocycles. The Labute approximate surface area is 150 Å². The lowest BCUT2D eigenvalue weighted by atomic mass is 9.90. The lowest BCUT2D eigenvalue weighted by molar-refractivity contribution is -0.118. The smallest absolute Gasteiger partial charge is 0.241 e. The Hall–Kier alpha value is -2.58. The van der Waals surface area contributed by atoms with Crippen molar-refractivity contribution in [2.24, 2.45) is 10.7 Å². The summed E-state index contributed by atoms with van der Waals surface area (Å²) in [5, 5.41) is 0. The summed E-state index contributed by atoms with van der Waals surface area (Å²) in [5.41, 5.74) is 8.92. The number of halogens is 1. The van der Waals surface area contributed by atoms with Crippen molar-refractivity contribution in [2.75, 3.05) is 0 Å². The number of rotatable bonds is 4. The van der Waals surface area contributed by atoms with Crippen LogP contribution in [0.25, 0.3) is 5.57 Å². The molecule has 1 amide bonds. The molecule has 3 aliphatic rings. The van der Waals surface area contributed by atoms with Crippen LogP contribution in [0.4, 0.5) is 4.39 Å². The molecule has 0 bridgehead atoms. The van der Waals surface area contributed by atoms with Crippen LogP contribution >= 0.6 is 0 Å². The summed E-state index contributed by atoms with van der Waals surface area (Å²) in [7, 11) is -3.60. The molecule has 2 heterocycles. The Bertz CT molecular complexity index is 1050. The van der Waals surface area contributed by atoms with E-state index in [1.54, 1.807) is 30.5 Å². The van der Waals surface area contributed by atoms with E-state index < -0.39 is 22.0 Å². The summed E-state index contributed by atoms with van der Waals surface area (Å²) in [6, 6.07) is 4.56. The summed E-state index contributed by atoms with van der Waals surface area (Å²) in [6.45, 7) is 0. The van der Waals surface area contributed by atoms with Crippen molar-refractivity contribution in [3.63, 3.8) is 0 Å². The Balaban J connectivity index is 1.71. The van der Waals surface area contributed by atoms with Gasteiger partial charge in [-0.05, 0) is 41.8 Å². The average Bonchev–Trinajstić information content (AvgIpc) is 3.11. The molecule has 1 aromatic carbocycles. The zero-order valence-electron chi connectivity index (χ0n) is 13.7. The Morgan fingerprint density at radius 1 is 1.31 bits per heavy atom. The van der Waals surface area contributed by atoms with Crippen LogP contribution in [0.2, 0.25) is 0 Å². The predicted molar refractivity (Wildman–Crippen MR) is 95.2 cm³/mol. The van der Waals surface area contributed by atoms with Crippen LogP contribution in [-0.2, 0) is 14.8 Å². The second-order valence-corrected chi connectivity index (χ2v) is 8.10. The van der Waals surface area contributed by atoms with Gasteiger partial charge in [0, 0.05) is 36.2 Å². The first-order valence-electron chi connectivity index (χ1n) is 8.14. The fourth-order valence-corrected chi connectivity index (χ4v) is 4.94. The molecule has 134 valence electrons. The highest BCUT2D eigenvalue weighted by atomic mass is 32.2. The molecule has 6 nitrogen and oxygen atoms in total. The molecule has 4 rings (SSSR count). The van der Waals surface area contributed by atoms with Gasteiger partial charge >= 0.3 is 0 Å². The zero-order valence-corrected chi connectivity index (χ0v) is 14.5. The number of hydrogen-bond acceptors (Lipinski definition) is 4. The van der Waals surface area contributed by atoms with Crippen LogP contribution in [0.15, 0.2) is 57.8 Å². The number of amides is 1. The third-order valence-corrected chi connectivity index (χ3v) is 6.23. The van der Waals surface area contributed by atoms with E-state index in [1.807, 2.05) is 0 Å². The highest BCUT2D eigenvalue weighted by Crippen LogP contribution is 2.39. The second kappa shape index (κ2) is 6.00. The summed E-state index contributed by atoms with van der Waals surface area (Å²) >= 11 is 0. The number of primary amides is 1. The van der Waals surface area contributed by atoms with Crippen LogP contribution in [0, 0.1) is 0 Å². The third-order valence-electron chi connectivity index (χ3n) is 4.68. The van der Waals surface area contributed by atoms with E-state index in [2.05, 4.69) is 9.71 Å². The molecule has 0 aromatic heterocycles.